The molecule has 1 heterocycles. The first-order valence-electron chi connectivity index (χ1n) is 9.56. The average molecular weight is 411 g/mol. The molecule has 0 fully saturated rings. The quantitative estimate of drug-likeness (QED) is 0.786. The molecule has 3 rings (SSSR count). The SMILES string of the molecule is CC(C)NC(=O)c1cccc2c1CCCN2CC(=O)Nc1ccc(C#N)c(Cl)c1. The molecule has 0 spiro atoms. The molecule has 1 aliphatic heterocycles. The molecule has 6 nitrogen and oxygen atoms in total. The van der Waals surface area contributed by atoms with Crippen molar-refractivity contribution >= 4 is 34.8 Å². The summed E-state index contributed by atoms with van der Waals surface area (Å²) in [5.41, 5.74) is 3.47. The van der Waals surface area contributed by atoms with Crippen LogP contribution in [0, 0.1) is 11.3 Å². The molecule has 29 heavy (non-hydrogen) atoms. The molecule has 2 amide bonds. The second kappa shape index (κ2) is 8.97. The van der Waals surface area contributed by atoms with Crippen molar-refractivity contribution in [2.24, 2.45) is 0 Å². The molecule has 0 unspecified atom stereocenters. The summed E-state index contributed by atoms with van der Waals surface area (Å²) < 4.78 is 0. The van der Waals surface area contributed by atoms with E-state index in [0.29, 0.717) is 21.8 Å². The van der Waals surface area contributed by atoms with Gasteiger partial charge in [-0.25, -0.2) is 0 Å². The molecule has 0 aliphatic carbocycles. The summed E-state index contributed by atoms with van der Waals surface area (Å²) in [6.07, 6.45) is 1.68. The molecule has 0 bridgehead atoms. The molecule has 0 aromatic heterocycles. The fourth-order valence-corrected chi connectivity index (χ4v) is 3.70. The van der Waals surface area contributed by atoms with Crippen LogP contribution in [0.4, 0.5) is 11.4 Å². The standard InChI is InChI=1S/C22H23ClN4O2/c1-14(2)25-22(29)18-5-3-7-20-17(18)6-4-10-27(20)13-21(28)26-16-9-8-15(12-24)19(23)11-16/h3,5,7-9,11,14H,4,6,10,13H2,1-2H3,(H,25,29)(H,26,28). The number of nitriles is 1. The maximum atomic E-state index is 12.6. The number of nitrogens with zero attached hydrogens (tertiary/aromatic N) is 2. The summed E-state index contributed by atoms with van der Waals surface area (Å²) >= 11 is 6.03. The molecule has 0 saturated carbocycles. The Kier molecular flexibility index (Phi) is 6.40. The van der Waals surface area contributed by atoms with Gasteiger partial charge in [0.15, 0.2) is 0 Å². The first-order chi connectivity index (χ1) is 13.9. The molecule has 0 saturated heterocycles. The summed E-state index contributed by atoms with van der Waals surface area (Å²) in [7, 11) is 0. The van der Waals surface area contributed by atoms with Gasteiger partial charge in [-0.15, -0.1) is 0 Å². The molecular formula is C22H23ClN4O2. The minimum atomic E-state index is -0.185. The number of anilines is 2. The molecule has 1 aliphatic rings. The lowest BCUT2D eigenvalue weighted by Gasteiger charge is -2.32. The molecular weight excluding hydrogens is 388 g/mol. The molecule has 2 N–H and O–H groups in total. The second-order valence-corrected chi connectivity index (χ2v) is 7.72. The second-order valence-electron chi connectivity index (χ2n) is 7.31. The fourth-order valence-electron chi connectivity index (χ4n) is 3.48. The van der Waals surface area contributed by atoms with Crippen molar-refractivity contribution in [3.8, 4) is 6.07 Å². The monoisotopic (exact) mass is 410 g/mol. The average Bonchev–Trinajstić information content (AvgIpc) is 2.67. The van der Waals surface area contributed by atoms with E-state index >= 15 is 0 Å². The van der Waals surface area contributed by atoms with Crippen molar-refractivity contribution in [2.75, 3.05) is 23.3 Å². The van der Waals surface area contributed by atoms with E-state index in [1.807, 2.05) is 43.0 Å². The van der Waals surface area contributed by atoms with Crippen LogP contribution in [0.3, 0.4) is 0 Å². The lowest BCUT2D eigenvalue weighted by Crippen LogP contribution is -2.38. The van der Waals surface area contributed by atoms with Gasteiger partial charge in [0.1, 0.15) is 6.07 Å². The van der Waals surface area contributed by atoms with Crippen molar-refractivity contribution in [3.05, 3.63) is 58.1 Å². The summed E-state index contributed by atoms with van der Waals surface area (Å²) in [6.45, 7) is 4.77. The Morgan fingerprint density at radius 3 is 2.76 bits per heavy atom. The van der Waals surface area contributed by atoms with E-state index in [-0.39, 0.29) is 24.4 Å². The zero-order valence-electron chi connectivity index (χ0n) is 16.5. The van der Waals surface area contributed by atoms with Crippen molar-refractivity contribution in [2.45, 2.75) is 32.7 Å². The Hall–Kier alpha value is -3.04. The van der Waals surface area contributed by atoms with Crippen LogP contribution < -0.4 is 15.5 Å². The lowest BCUT2D eigenvalue weighted by atomic mass is 9.95. The number of amides is 2. The Labute approximate surface area is 175 Å². The van der Waals surface area contributed by atoms with Crippen molar-refractivity contribution in [3.63, 3.8) is 0 Å². The predicted octanol–water partition coefficient (Wildman–Crippen LogP) is 3.74. The van der Waals surface area contributed by atoms with E-state index in [1.54, 1.807) is 18.2 Å². The van der Waals surface area contributed by atoms with Gasteiger partial charge in [-0.2, -0.15) is 5.26 Å². The van der Waals surface area contributed by atoms with Crippen LogP contribution in [0.2, 0.25) is 5.02 Å². The van der Waals surface area contributed by atoms with Gasteiger partial charge in [-0.05, 0) is 62.6 Å². The number of hydrogen-bond acceptors (Lipinski definition) is 4. The van der Waals surface area contributed by atoms with Crippen molar-refractivity contribution in [1.82, 2.24) is 5.32 Å². The number of benzene rings is 2. The van der Waals surface area contributed by atoms with Crippen LogP contribution in [-0.4, -0.2) is 30.9 Å². The highest BCUT2D eigenvalue weighted by atomic mass is 35.5. The molecule has 7 heteroatoms. The molecule has 2 aromatic rings. The topological polar surface area (TPSA) is 85.2 Å². The van der Waals surface area contributed by atoms with Gasteiger partial charge in [0.25, 0.3) is 5.91 Å². The zero-order valence-corrected chi connectivity index (χ0v) is 17.2. The smallest absolute Gasteiger partial charge is 0.251 e. The zero-order chi connectivity index (χ0) is 21.0. The maximum absolute atomic E-state index is 12.6. The van der Waals surface area contributed by atoms with E-state index in [0.717, 1.165) is 30.6 Å². The van der Waals surface area contributed by atoms with Crippen molar-refractivity contribution < 1.29 is 9.59 Å². The minimum absolute atomic E-state index is 0.0584. The Balaban J connectivity index is 1.75. The Bertz CT molecular complexity index is 981. The molecule has 150 valence electrons. The van der Waals surface area contributed by atoms with Crippen LogP contribution >= 0.6 is 11.6 Å². The van der Waals surface area contributed by atoms with E-state index in [1.165, 1.54) is 0 Å². The highest BCUT2D eigenvalue weighted by molar-refractivity contribution is 6.32. The fraction of sp³-hybridized carbons (Fsp3) is 0.318. The summed E-state index contributed by atoms with van der Waals surface area (Å²) in [6, 6.07) is 12.5. The number of carbonyl (C=O) groups is 2. The number of fused-ring (bicyclic) bond motifs is 1. The third-order valence-corrected chi connectivity index (χ3v) is 5.03. The maximum Gasteiger partial charge on any atom is 0.251 e. The third-order valence-electron chi connectivity index (χ3n) is 4.72. The van der Waals surface area contributed by atoms with E-state index < -0.39 is 0 Å². The summed E-state index contributed by atoms with van der Waals surface area (Å²) in [5, 5.41) is 15.0. The van der Waals surface area contributed by atoms with Gasteiger partial charge < -0.3 is 15.5 Å². The Morgan fingerprint density at radius 2 is 2.07 bits per heavy atom. The van der Waals surface area contributed by atoms with Gasteiger partial charge >= 0.3 is 0 Å². The summed E-state index contributed by atoms with van der Waals surface area (Å²) in [5.74, 6) is -0.272. The number of rotatable bonds is 5. The van der Waals surface area contributed by atoms with Crippen LogP contribution in [-0.2, 0) is 11.2 Å². The largest absolute Gasteiger partial charge is 0.362 e. The number of halogens is 1. The van der Waals surface area contributed by atoms with Gasteiger partial charge in [0, 0.05) is 29.5 Å². The molecule has 0 atom stereocenters. The first-order valence-corrected chi connectivity index (χ1v) is 9.94. The number of nitrogens with one attached hydrogen (secondary N) is 2. The van der Waals surface area contributed by atoms with Gasteiger partial charge in [0.05, 0.1) is 17.1 Å². The molecule has 0 radical (unpaired) electrons. The van der Waals surface area contributed by atoms with Crippen LogP contribution in [0.1, 0.15) is 41.8 Å². The van der Waals surface area contributed by atoms with Gasteiger partial charge in [0.2, 0.25) is 5.91 Å². The Morgan fingerprint density at radius 1 is 1.28 bits per heavy atom. The van der Waals surface area contributed by atoms with E-state index in [9.17, 15) is 9.59 Å². The van der Waals surface area contributed by atoms with Gasteiger partial charge in [-0.1, -0.05) is 17.7 Å². The third kappa shape index (κ3) is 4.87. The highest BCUT2D eigenvalue weighted by Crippen LogP contribution is 2.30. The van der Waals surface area contributed by atoms with Gasteiger partial charge in [-0.3, -0.25) is 9.59 Å². The number of carbonyl (C=O) groups excluding carboxylic acids is 2. The van der Waals surface area contributed by atoms with Crippen LogP contribution in [0.25, 0.3) is 0 Å². The first kappa shape index (κ1) is 20.7. The number of hydrogen-bond donors (Lipinski definition) is 2. The van der Waals surface area contributed by atoms with Crippen LogP contribution in [0.5, 0.6) is 0 Å². The normalized spacial score (nSPS) is 12.9. The predicted molar refractivity (Wildman–Crippen MR) is 114 cm³/mol. The molecule has 2 aromatic carbocycles. The minimum Gasteiger partial charge on any atom is -0.362 e. The summed E-state index contributed by atoms with van der Waals surface area (Å²) in [4.78, 5) is 27.1. The lowest BCUT2D eigenvalue weighted by molar-refractivity contribution is -0.115. The van der Waals surface area contributed by atoms with E-state index in [4.69, 9.17) is 16.9 Å². The van der Waals surface area contributed by atoms with E-state index in [2.05, 4.69) is 10.6 Å². The highest BCUT2D eigenvalue weighted by Gasteiger charge is 2.24. The van der Waals surface area contributed by atoms with Crippen molar-refractivity contribution in [1.29, 1.82) is 5.26 Å². The van der Waals surface area contributed by atoms with Crippen LogP contribution in [0.15, 0.2) is 36.4 Å².